The van der Waals surface area contributed by atoms with E-state index in [0.717, 1.165) is 25.7 Å². The van der Waals surface area contributed by atoms with Crippen LogP contribution in [0.3, 0.4) is 0 Å². The fourth-order valence-corrected chi connectivity index (χ4v) is 1.70. The van der Waals surface area contributed by atoms with Gasteiger partial charge in [0.25, 0.3) is 0 Å². The third-order valence-electron chi connectivity index (χ3n) is 3.15. The van der Waals surface area contributed by atoms with E-state index >= 15 is 0 Å². The maximum Gasteiger partial charge on any atom is 0.334 e. The predicted octanol–water partition coefficient (Wildman–Crippen LogP) is 3.69. The van der Waals surface area contributed by atoms with Crippen molar-refractivity contribution in [3.63, 3.8) is 0 Å². The van der Waals surface area contributed by atoms with Gasteiger partial charge in [0.05, 0.1) is 0 Å². The Labute approximate surface area is 135 Å². The molecule has 0 aliphatic rings. The molecule has 0 saturated carbocycles. The average Bonchev–Trinajstić information content (AvgIpc) is 2.51. The van der Waals surface area contributed by atoms with Gasteiger partial charge in [-0.25, -0.2) is 9.69 Å². The Kier molecular flexibility index (Phi) is 13.2. The van der Waals surface area contributed by atoms with Crippen LogP contribution in [0.2, 0.25) is 0 Å². The first-order valence-corrected chi connectivity index (χ1v) is 8.32. The summed E-state index contributed by atoms with van der Waals surface area (Å²) in [7, 11) is 0. The fraction of sp³-hybridized carbons (Fsp3) is 0.824. The second-order valence-electron chi connectivity index (χ2n) is 5.42. The monoisotopic (exact) mass is 315 g/mol. The van der Waals surface area contributed by atoms with Crippen molar-refractivity contribution in [3.05, 3.63) is 12.2 Å². The van der Waals surface area contributed by atoms with Crippen molar-refractivity contribution in [1.82, 2.24) is 4.90 Å². The molecule has 0 fully saturated rings. The molecule has 5 heteroatoms. The van der Waals surface area contributed by atoms with Gasteiger partial charge in [-0.2, -0.15) is 0 Å². The lowest BCUT2D eigenvalue weighted by atomic mass is 10.3. The number of unbranched alkanes of at least 4 members (excludes halogenated alkanes) is 2. The Morgan fingerprint density at radius 2 is 1.55 bits per heavy atom. The van der Waals surface area contributed by atoms with Crippen LogP contribution < -0.4 is 0 Å². The highest BCUT2D eigenvalue weighted by molar-refractivity contribution is 5.87. The van der Waals surface area contributed by atoms with E-state index in [1.165, 1.54) is 0 Å². The second kappa shape index (κ2) is 13.7. The number of nitrogens with zero attached hydrogens (tertiary/aromatic N) is 1. The van der Waals surface area contributed by atoms with Gasteiger partial charge in [0.2, 0.25) is 0 Å². The summed E-state index contributed by atoms with van der Waals surface area (Å²) < 4.78 is 16.8. The number of carbonyl (C=O) groups excluding carboxylic acids is 1. The number of ether oxygens (including phenoxy) is 3. The van der Waals surface area contributed by atoms with Crippen molar-refractivity contribution in [3.8, 4) is 0 Å². The van der Waals surface area contributed by atoms with Gasteiger partial charge in [0, 0.05) is 18.8 Å². The first-order valence-electron chi connectivity index (χ1n) is 8.32. The Bertz CT molecular complexity index is 295. The average molecular weight is 315 g/mol. The smallest absolute Gasteiger partial charge is 0.334 e. The summed E-state index contributed by atoms with van der Waals surface area (Å²) in [4.78, 5) is 13.6. The molecular weight excluding hydrogens is 282 g/mol. The van der Waals surface area contributed by atoms with Gasteiger partial charge in [0.1, 0.15) is 13.5 Å². The standard InChI is InChI=1S/C17H33NO4/c1-6-9-11-20-13-18(14-21-12-10-7-2)16(8-3)22-17(19)15(4)5/h16H,4,6-14H2,1-3,5H3. The molecule has 0 aromatic heterocycles. The summed E-state index contributed by atoms with van der Waals surface area (Å²) in [6.45, 7) is 13.7. The highest BCUT2D eigenvalue weighted by Crippen LogP contribution is 2.10. The Morgan fingerprint density at radius 3 is 1.91 bits per heavy atom. The first kappa shape index (κ1) is 21.1. The number of hydrogen-bond acceptors (Lipinski definition) is 5. The van der Waals surface area contributed by atoms with Gasteiger partial charge in [-0.05, 0) is 26.2 Å². The van der Waals surface area contributed by atoms with E-state index in [9.17, 15) is 4.79 Å². The second-order valence-corrected chi connectivity index (χ2v) is 5.42. The number of esters is 1. The quantitative estimate of drug-likeness (QED) is 0.212. The molecular formula is C17H33NO4. The zero-order valence-electron chi connectivity index (χ0n) is 14.7. The van der Waals surface area contributed by atoms with E-state index in [2.05, 4.69) is 20.4 Å². The zero-order chi connectivity index (χ0) is 16.8. The van der Waals surface area contributed by atoms with Crippen molar-refractivity contribution in [2.45, 2.75) is 66.0 Å². The molecule has 0 bridgehead atoms. The van der Waals surface area contributed by atoms with Crippen LogP contribution in [0.1, 0.15) is 59.8 Å². The Hall–Kier alpha value is -0.910. The molecule has 1 unspecified atom stereocenters. The van der Waals surface area contributed by atoms with Crippen LogP contribution in [0.25, 0.3) is 0 Å². The molecule has 0 aromatic rings. The summed E-state index contributed by atoms with van der Waals surface area (Å²) in [6, 6.07) is 0. The maximum atomic E-state index is 11.7. The first-order chi connectivity index (χ1) is 10.6. The van der Waals surface area contributed by atoms with E-state index in [4.69, 9.17) is 14.2 Å². The van der Waals surface area contributed by atoms with Crippen LogP contribution in [0.4, 0.5) is 0 Å². The molecule has 0 N–H and O–H groups in total. The van der Waals surface area contributed by atoms with Crippen molar-refractivity contribution in [1.29, 1.82) is 0 Å². The van der Waals surface area contributed by atoms with Crippen LogP contribution in [0.15, 0.2) is 12.2 Å². The molecule has 0 heterocycles. The van der Waals surface area contributed by atoms with Crippen LogP contribution in [-0.4, -0.2) is 43.8 Å². The molecule has 5 nitrogen and oxygen atoms in total. The Balaban J connectivity index is 4.46. The number of carbonyl (C=O) groups is 1. The lowest BCUT2D eigenvalue weighted by Crippen LogP contribution is -2.41. The predicted molar refractivity (Wildman–Crippen MR) is 88.3 cm³/mol. The molecule has 0 amide bonds. The fourth-order valence-electron chi connectivity index (χ4n) is 1.70. The van der Waals surface area contributed by atoms with Crippen molar-refractivity contribution < 1.29 is 19.0 Å². The van der Waals surface area contributed by atoms with Gasteiger partial charge < -0.3 is 14.2 Å². The van der Waals surface area contributed by atoms with Gasteiger partial charge in [-0.15, -0.1) is 0 Å². The highest BCUT2D eigenvalue weighted by atomic mass is 16.6. The van der Waals surface area contributed by atoms with Crippen LogP contribution in [0, 0.1) is 0 Å². The third-order valence-corrected chi connectivity index (χ3v) is 3.15. The molecule has 0 spiro atoms. The maximum absolute atomic E-state index is 11.7. The van der Waals surface area contributed by atoms with Crippen molar-refractivity contribution in [2.75, 3.05) is 26.7 Å². The summed E-state index contributed by atoms with van der Waals surface area (Å²) in [6.07, 6.45) is 4.55. The van der Waals surface area contributed by atoms with Crippen molar-refractivity contribution >= 4 is 5.97 Å². The van der Waals surface area contributed by atoms with Gasteiger partial charge in [-0.1, -0.05) is 40.2 Å². The summed E-state index contributed by atoms with van der Waals surface area (Å²) in [5, 5.41) is 0. The largest absolute Gasteiger partial charge is 0.443 e. The topological polar surface area (TPSA) is 48.0 Å². The molecule has 0 rings (SSSR count). The molecule has 1 atom stereocenters. The lowest BCUT2D eigenvalue weighted by Gasteiger charge is -2.30. The summed E-state index contributed by atoms with van der Waals surface area (Å²) >= 11 is 0. The minimum Gasteiger partial charge on any atom is -0.443 e. The van der Waals surface area contributed by atoms with E-state index < -0.39 is 0 Å². The summed E-state index contributed by atoms with van der Waals surface area (Å²) in [5.41, 5.74) is 0.400. The number of hydrogen-bond donors (Lipinski definition) is 0. The SMILES string of the molecule is C=C(C)C(=O)OC(CC)N(COCCCC)COCCCC. The number of rotatable bonds is 14. The molecule has 130 valence electrons. The zero-order valence-corrected chi connectivity index (χ0v) is 14.7. The van der Waals surface area contributed by atoms with E-state index in [1.54, 1.807) is 6.92 Å². The van der Waals surface area contributed by atoms with E-state index in [1.807, 2.05) is 11.8 Å². The van der Waals surface area contributed by atoms with E-state index in [0.29, 0.717) is 38.7 Å². The molecule has 0 aromatic carbocycles. The van der Waals surface area contributed by atoms with Crippen LogP contribution in [-0.2, 0) is 19.0 Å². The van der Waals surface area contributed by atoms with Crippen LogP contribution in [0.5, 0.6) is 0 Å². The molecule has 0 radical (unpaired) electrons. The highest BCUT2D eigenvalue weighted by Gasteiger charge is 2.21. The van der Waals surface area contributed by atoms with Gasteiger partial charge >= 0.3 is 5.97 Å². The third kappa shape index (κ3) is 9.92. The normalized spacial score (nSPS) is 12.4. The van der Waals surface area contributed by atoms with Crippen LogP contribution >= 0.6 is 0 Å². The Morgan fingerprint density at radius 1 is 1.05 bits per heavy atom. The van der Waals surface area contributed by atoms with Crippen molar-refractivity contribution in [2.24, 2.45) is 0 Å². The molecule has 0 aliphatic heterocycles. The van der Waals surface area contributed by atoms with Gasteiger partial charge in [-0.3, -0.25) is 0 Å². The minimum atomic E-state index is -0.376. The summed E-state index contributed by atoms with van der Waals surface area (Å²) in [5.74, 6) is -0.376. The van der Waals surface area contributed by atoms with Gasteiger partial charge in [0.15, 0.2) is 6.23 Å². The minimum absolute atomic E-state index is 0.354. The molecule has 0 saturated heterocycles. The van der Waals surface area contributed by atoms with E-state index in [-0.39, 0.29) is 12.2 Å². The lowest BCUT2D eigenvalue weighted by molar-refractivity contribution is -0.172. The molecule has 0 aliphatic carbocycles. The molecule has 22 heavy (non-hydrogen) atoms.